The van der Waals surface area contributed by atoms with Gasteiger partial charge in [0, 0.05) is 12.8 Å². The Hall–Kier alpha value is -1.56. The Kier molecular flexibility index (Phi) is 4.73. The maximum atomic E-state index is 12.5. The fraction of sp³-hybridized carbons (Fsp3) is 0.667. The molecule has 0 aliphatic heterocycles. The van der Waals surface area contributed by atoms with E-state index < -0.39 is 9.84 Å². The molecule has 4 aliphatic rings. The molecule has 27 heavy (non-hydrogen) atoms. The topological polar surface area (TPSA) is 75.3 Å². The number of likely N-dealkylation sites (N-methyl/N-ethyl adjacent to an activating group) is 1. The maximum absolute atomic E-state index is 12.5. The van der Waals surface area contributed by atoms with E-state index in [0.717, 1.165) is 17.8 Å². The molecule has 0 radical (unpaired) electrons. The smallest absolute Gasteiger partial charge is 0.239 e. The average Bonchev–Trinajstić information content (AvgIpc) is 2.58. The van der Waals surface area contributed by atoms with Crippen LogP contribution in [0.3, 0.4) is 0 Å². The molecule has 0 atom stereocenters. The summed E-state index contributed by atoms with van der Waals surface area (Å²) < 4.78 is 24.9. The molecule has 148 valence electrons. The van der Waals surface area contributed by atoms with E-state index in [2.05, 4.69) is 16.7 Å². The summed E-state index contributed by atoms with van der Waals surface area (Å²) >= 11 is 0. The first-order valence-electron chi connectivity index (χ1n) is 10.1. The molecule has 1 aromatic rings. The monoisotopic (exact) mass is 390 g/mol. The Morgan fingerprint density at radius 3 is 2.22 bits per heavy atom. The Balaban J connectivity index is 1.65. The van der Waals surface area contributed by atoms with Crippen LogP contribution in [0.2, 0.25) is 0 Å². The SMILES string of the molecule is CCNC(=O)CNc1ccc(C23CC4CC(CC(C4)C2)C3)cc1S(C)(=O)=O. The van der Waals surface area contributed by atoms with Gasteiger partial charge in [-0.3, -0.25) is 4.79 Å². The summed E-state index contributed by atoms with van der Waals surface area (Å²) in [4.78, 5) is 12.1. The minimum Gasteiger partial charge on any atom is -0.375 e. The first-order chi connectivity index (χ1) is 12.8. The van der Waals surface area contributed by atoms with Gasteiger partial charge in [-0.1, -0.05) is 6.07 Å². The first-order valence-corrected chi connectivity index (χ1v) is 12.0. The second kappa shape index (κ2) is 6.80. The van der Waals surface area contributed by atoms with Crippen molar-refractivity contribution in [2.45, 2.75) is 55.8 Å². The molecule has 4 fully saturated rings. The van der Waals surface area contributed by atoms with Crippen LogP contribution in [-0.2, 0) is 20.0 Å². The summed E-state index contributed by atoms with van der Waals surface area (Å²) in [6.07, 6.45) is 8.96. The average molecular weight is 391 g/mol. The molecule has 1 aromatic carbocycles. The number of amides is 1. The molecule has 5 nitrogen and oxygen atoms in total. The summed E-state index contributed by atoms with van der Waals surface area (Å²) in [6, 6.07) is 5.86. The Labute approximate surface area is 162 Å². The summed E-state index contributed by atoms with van der Waals surface area (Å²) in [5, 5.41) is 5.74. The van der Waals surface area contributed by atoms with Crippen molar-refractivity contribution in [2.75, 3.05) is 24.7 Å². The zero-order chi connectivity index (χ0) is 19.2. The van der Waals surface area contributed by atoms with Crippen molar-refractivity contribution in [1.82, 2.24) is 5.32 Å². The van der Waals surface area contributed by atoms with Gasteiger partial charge in [0.15, 0.2) is 9.84 Å². The number of rotatable bonds is 6. The van der Waals surface area contributed by atoms with Crippen LogP contribution < -0.4 is 10.6 Å². The number of anilines is 1. The molecule has 0 heterocycles. The van der Waals surface area contributed by atoms with Crippen LogP contribution in [0.15, 0.2) is 23.1 Å². The molecule has 6 heteroatoms. The number of hydrogen-bond acceptors (Lipinski definition) is 4. The molecule has 4 bridgehead atoms. The summed E-state index contributed by atoms with van der Waals surface area (Å²) in [6.45, 7) is 2.50. The minimum absolute atomic E-state index is 0.0765. The van der Waals surface area contributed by atoms with Crippen LogP contribution in [0, 0.1) is 17.8 Å². The minimum atomic E-state index is -3.38. The van der Waals surface area contributed by atoms with Gasteiger partial charge in [0.05, 0.1) is 17.1 Å². The molecule has 5 rings (SSSR count). The van der Waals surface area contributed by atoms with E-state index in [0.29, 0.717) is 17.1 Å². The standard InChI is InChI=1S/C21H30N2O3S/c1-3-22-20(24)13-23-18-5-4-17(9-19(18)27(2,25)26)21-10-14-6-15(11-21)8-16(7-14)12-21/h4-5,9,14-16,23H,3,6-8,10-13H2,1-2H3,(H,22,24). The van der Waals surface area contributed by atoms with Gasteiger partial charge in [-0.2, -0.15) is 0 Å². The third-order valence-corrected chi connectivity index (χ3v) is 7.98. The van der Waals surface area contributed by atoms with E-state index in [4.69, 9.17) is 0 Å². The fourth-order valence-electron chi connectivity index (χ4n) is 6.20. The molecule has 0 aromatic heterocycles. The van der Waals surface area contributed by atoms with E-state index >= 15 is 0 Å². The molecule has 4 saturated carbocycles. The largest absolute Gasteiger partial charge is 0.375 e. The summed E-state index contributed by atoms with van der Waals surface area (Å²) in [7, 11) is -3.38. The lowest BCUT2D eigenvalue weighted by Crippen LogP contribution is -2.48. The number of sulfone groups is 1. The molecule has 0 unspecified atom stereocenters. The maximum Gasteiger partial charge on any atom is 0.239 e. The number of hydrogen-bond donors (Lipinski definition) is 2. The Bertz CT molecular complexity index is 812. The summed E-state index contributed by atoms with van der Waals surface area (Å²) in [5.41, 5.74) is 1.87. The molecule has 2 N–H and O–H groups in total. The zero-order valence-corrected chi connectivity index (χ0v) is 17.1. The van der Waals surface area contributed by atoms with Crippen molar-refractivity contribution in [1.29, 1.82) is 0 Å². The van der Waals surface area contributed by atoms with Crippen LogP contribution in [0.4, 0.5) is 5.69 Å². The van der Waals surface area contributed by atoms with Crippen molar-refractivity contribution in [3.63, 3.8) is 0 Å². The van der Waals surface area contributed by atoms with Gasteiger partial charge in [0.1, 0.15) is 0 Å². The van der Waals surface area contributed by atoms with Crippen LogP contribution in [0.1, 0.15) is 51.0 Å². The van der Waals surface area contributed by atoms with Crippen LogP contribution in [0.5, 0.6) is 0 Å². The molecular weight excluding hydrogens is 360 g/mol. The van der Waals surface area contributed by atoms with Gasteiger partial charge in [-0.25, -0.2) is 8.42 Å². The van der Waals surface area contributed by atoms with Gasteiger partial charge in [0.2, 0.25) is 5.91 Å². The first kappa shape index (κ1) is 18.8. The van der Waals surface area contributed by atoms with Gasteiger partial charge in [-0.15, -0.1) is 0 Å². The predicted octanol–water partition coefficient (Wildman–Crippen LogP) is 3.11. The highest BCUT2D eigenvalue weighted by atomic mass is 32.2. The van der Waals surface area contributed by atoms with Gasteiger partial charge < -0.3 is 10.6 Å². The van der Waals surface area contributed by atoms with Crippen molar-refractivity contribution in [3.8, 4) is 0 Å². The highest BCUT2D eigenvalue weighted by Crippen LogP contribution is 2.60. The van der Waals surface area contributed by atoms with Crippen molar-refractivity contribution >= 4 is 21.4 Å². The van der Waals surface area contributed by atoms with Crippen LogP contribution >= 0.6 is 0 Å². The normalized spacial score (nSPS) is 31.7. The lowest BCUT2D eigenvalue weighted by Gasteiger charge is -2.57. The molecule has 0 spiro atoms. The quantitative estimate of drug-likeness (QED) is 0.783. The van der Waals surface area contributed by atoms with Crippen LogP contribution in [0.25, 0.3) is 0 Å². The third-order valence-electron chi connectivity index (χ3n) is 6.85. The summed E-state index contributed by atoms with van der Waals surface area (Å²) in [5.74, 6) is 2.30. The number of nitrogens with one attached hydrogen (secondary N) is 2. The molecular formula is C21H30N2O3S. The molecule has 1 amide bonds. The molecule has 0 saturated heterocycles. The predicted molar refractivity (Wildman–Crippen MR) is 107 cm³/mol. The highest BCUT2D eigenvalue weighted by molar-refractivity contribution is 7.90. The second-order valence-corrected chi connectivity index (χ2v) is 11.0. The highest BCUT2D eigenvalue weighted by Gasteiger charge is 2.51. The lowest BCUT2D eigenvalue weighted by molar-refractivity contribution is -0.119. The lowest BCUT2D eigenvalue weighted by atomic mass is 9.48. The van der Waals surface area contributed by atoms with E-state index in [1.54, 1.807) is 0 Å². The third kappa shape index (κ3) is 3.60. The Morgan fingerprint density at radius 2 is 1.70 bits per heavy atom. The van der Waals surface area contributed by atoms with E-state index in [-0.39, 0.29) is 17.9 Å². The van der Waals surface area contributed by atoms with Gasteiger partial charge >= 0.3 is 0 Å². The van der Waals surface area contributed by atoms with E-state index in [1.807, 2.05) is 19.1 Å². The second-order valence-electron chi connectivity index (χ2n) is 8.99. The van der Waals surface area contributed by atoms with Crippen LogP contribution in [-0.4, -0.2) is 33.7 Å². The van der Waals surface area contributed by atoms with Gasteiger partial charge in [-0.05, 0) is 86.3 Å². The van der Waals surface area contributed by atoms with Gasteiger partial charge in [0.25, 0.3) is 0 Å². The number of carbonyl (C=O) groups excluding carboxylic acids is 1. The number of benzene rings is 1. The van der Waals surface area contributed by atoms with Crippen molar-refractivity contribution < 1.29 is 13.2 Å². The zero-order valence-electron chi connectivity index (χ0n) is 16.3. The fourth-order valence-corrected chi connectivity index (χ4v) is 7.09. The molecule has 4 aliphatic carbocycles. The van der Waals surface area contributed by atoms with E-state index in [1.165, 1.54) is 50.3 Å². The van der Waals surface area contributed by atoms with E-state index in [9.17, 15) is 13.2 Å². The number of carbonyl (C=O) groups is 1. The van der Waals surface area contributed by atoms with Crippen molar-refractivity contribution in [2.24, 2.45) is 17.8 Å². The Morgan fingerprint density at radius 1 is 1.11 bits per heavy atom. The van der Waals surface area contributed by atoms with Crippen molar-refractivity contribution in [3.05, 3.63) is 23.8 Å².